The van der Waals surface area contributed by atoms with Gasteiger partial charge in [-0.1, -0.05) is 6.92 Å². The van der Waals surface area contributed by atoms with Gasteiger partial charge in [-0.25, -0.2) is 0 Å². The van der Waals surface area contributed by atoms with Gasteiger partial charge in [0.2, 0.25) is 5.91 Å². The average Bonchev–Trinajstić information content (AvgIpc) is 2.23. The van der Waals surface area contributed by atoms with Crippen molar-refractivity contribution in [3.63, 3.8) is 0 Å². The van der Waals surface area contributed by atoms with Crippen molar-refractivity contribution in [3.05, 3.63) is 0 Å². The summed E-state index contributed by atoms with van der Waals surface area (Å²) >= 11 is 0. The molecule has 0 aromatic carbocycles. The van der Waals surface area contributed by atoms with Gasteiger partial charge in [0.25, 0.3) is 0 Å². The van der Waals surface area contributed by atoms with Crippen LogP contribution in [0.4, 0.5) is 0 Å². The van der Waals surface area contributed by atoms with Gasteiger partial charge in [-0.3, -0.25) is 4.79 Å². The highest BCUT2D eigenvalue weighted by Gasteiger charge is 2.28. The number of rotatable bonds is 4. The van der Waals surface area contributed by atoms with Crippen LogP contribution in [0.25, 0.3) is 0 Å². The quantitative estimate of drug-likeness (QED) is 0.781. The number of hydrogen-bond acceptors (Lipinski definition) is 3. The molecule has 1 fully saturated rings. The van der Waals surface area contributed by atoms with Crippen molar-refractivity contribution in [2.24, 2.45) is 0 Å². The topological polar surface area (TPSA) is 41.6 Å². The number of piperazine rings is 1. The molecule has 1 unspecified atom stereocenters. The van der Waals surface area contributed by atoms with Crippen molar-refractivity contribution in [1.82, 2.24) is 10.2 Å². The van der Waals surface area contributed by atoms with E-state index in [-0.39, 0.29) is 24.2 Å². The highest BCUT2D eigenvalue weighted by molar-refractivity contribution is 5.77. The molecule has 1 N–H and O–H groups in total. The van der Waals surface area contributed by atoms with Crippen molar-refractivity contribution in [1.29, 1.82) is 0 Å². The SMILES string of the molecule is CCC(C)OCC(=O)N1CCNC(C)(C)C1. The fourth-order valence-electron chi connectivity index (χ4n) is 1.78. The first-order valence-electron chi connectivity index (χ1n) is 6.09. The molecular weight excluding hydrogens is 204 g/mol. The first-order valence-corrected chi connectivity index (χ1v) is 6.09. The van der Waals surface area contributed by atoms with Crippen molar-refractivity contribution < 1.29 is 9.53 Å². The molecule has 1 aliphatic heterocycles. The zero-order chi connectivity index (χ0) is 12.2. The zero-order valence-corrected chi connectivity index (χ0v) is 10.9. The zero-order valence-electron chi connectivity index (χ0n) is 10.9. The molecule has 0 aromatic rings. The lowest BCUT2D eigenvalue weighted by atomic mass is 10.0. The second-order valence-electron chi connectivity index (χ2n) is 5.16. The van der Waals surface area contributed by atoms with Gasteiger partial charge in [0.05, 0.1) is 6.10 Å². The van der Waals surface area contributed by atoms with E-state index in [1.165, 1.54) is 0 Å². The van der Waals surface area contributed by atoms with Gasteiger partial charge < -0.3 is 15.0 Å². The third-order valence-electron chi connectivity index (χ3n) is 2.99. The molecule has 1 atom stereocenters. The lowest BCUT2D eigenvalue weighted by molar-refractivity contribution is -0.139. The Hall–Kier alpha value is -0.610. The predicted molar refractivity (Wildman–Crippen MR) is 64.4 cm³/mol. The molecule has 94 valence electrons. The van der Waals surface area contributed by atoms with Crippen molar-refractivity contribution in [2.75, 3.05) is 26.2 Å². The van der Waals surface area contributed by atoms with E-state index in [1.54, 1.807) is 0 Å². The Balaban J connectivity index is 2.36. The third kappa shape index (κ3) is 4.10. The predicted octanol–water partition coefficient (Wildman–Crippen LogP) is 1.01. The number of hydrogen-bond donors (Lipinski definition) is 1. The first kappa shape index (κ1) is 13.5. The maximum atomic E-state index is 11.9. The van der Waals surface area contributed by atoms with E-state index < -0.39 is 0 Å². The van der Waals surface area contributed by atoms with Crippen molar-refractivity contribution in [2.45, 2.75) is 45.8 Å². The molecule has 16 heavy (non-hydrogen) atoms. The van der Waals surface area contributed by atoms with Crippen LogP contribution in [-0.2, 0) is 9.53 Å². The summed E-state index contributed by atoms with van der Waals surface area (Å²) in [5.74, 6) is 0.106. The molecule has 4 heteroatoms. The van der Waals surface area contributed by atoms with E-state index in [4.69, 9.17) is 4.74 Å². The van der Waals surface area contributed by atoms with E-state index >= 15 is 0 Å². The van der Waals surface area contributed by atoms with Crippen molar-refractivity contribution in [3.8, 4) is 0 Å². The van der Waals surface area contributed by atoms with Crippen molar-refractivity contribution >= 4 is 5.91 Å². The Morgan fingerprint density at radius 2 is 2.25 bits per heavy atom. The molecule has 1 rings (SSSR count). The second kappa shape index (κ2) is 5.64. The monoisotopic (exact) mass is 228 g/mol. The van der Waals surface area contributed by atoms with Crippen LogP contribution in [0.15, 0.2) is 0 Å². The summed E-state index contributed by atoms with van der Waals surface area (Å²) in [6.45, 7) is 10.9. The van der Waals surface area contributed by atoms with E-state index in [2.05, 4.69) is 26.1 Å². The smallest absolute Gasteiger partial charge is 0.248 e. The molecule has 0 spiro atoms. The Bertz CT molecular complexity index is 241. The largest absolute Gasteiger partial charge is 0.369 e. The van der Waals surface area contributed by atoms with Crippen LogP contribution in [0.2, 0.25) is 0 Å². The van der Waals surface area contributed by atoms with Gasteiger partial charge in [0, 0.05) is 25.2 Å². The number of nitrogens with one attached hydrogen (secondary N) is 1. The van der Waals surface area contributed by atoms with Gasteiger partial charge in [-0.15, -0.1) is 0 Å². The summed E-state index contributed by atoms with van der Waals surface area (Å²) < 4.78 is 5.46. The maximum Gasteiger partial charge on any atom is 0.248 e. The molecule has 0 bridgehead atoms. The van der Waals surface area contributed by atoms with Crippen LogP contribution in [0.1, 0.15) is 34.1 Å². The summed E-state index contributed by atoms with van der Waals surface area (Å²) in [5.41, 5.74) is 0.0181. The van der Waals surface area contributed by atoms with Gasteiger partial charge in [-0.05, 0) is 27.2 Å². The molecule has 0 saturated carbocycles. The van der Waals surface area contributed by atoms with Gasteiger partial charge >= 0.3 is 0 Å². The molecule has 0 aliphatic carbocycles. The molecule has 0 radical (unpaired) electrons. The van der Waals surface area contributed by atoms with Crippen LogP contribution in [0.5, 0.6) is 0 Å². The Kier molecular flexibility index (Phi) is 4.74. The Labute approximate surface area is 98.3 Å². The highest BCUT2D eigenvalue weighted by atomic mass is 16.5. The fourth-order valence-corrected chi connectivity index (χ4v) is 1.78. The number of amides is 1. The lowest BCUT2D eigenvalue weighted by Crippen LogP contribution is -2.59. The van der Waals surface area contributed by atoms with E-state index in [0.29, 0.717) is 0 Å². The van der Waals surface area contributed by atoms with Crippen LogP contribution < -0.4 is 5.32 Å². The van der Waals surface area contributed by atoms with Crippen LogP contribution in [0, 0.1) is 0 Å². The van der Waals surface area contributed by atoms with Crippen LogP contribution >= 0.6 is 0 Å². The number of carbonyl (C=O) groups is 1. The average molecular weight is 228 g/mol. The molecule has 4 nitrogen and oxygen atoms in total. The fraction of sp³-hybridized carbons (Fsp3) is 0.917. The normalized spacial score (nSPS) is 21.9. The first-order chi connectivity index (χ1) is 7.44. The minimum absolute atomic E-state index is 0.0181. The van der Waals surface area contributed by atoms with Crippen LogP contribution in [0.3, 0.4) is 0 Å². The molecule has 1 heterocycles. The van der Waals surface area contributed by atoms with E-state index in [1.807, 2.05) is 11.8 Å². The van der Waals surface area contributed by atoms with E-state index in [0.717, 1.165) is 26.1 Å². The molecule has 1 aliphatic rings. The van der Waals surface area contributed by atoms with E-state index in [9.17, 15) is 4.79 Å². The third-order valence-corrected chi connectivity index (χ3v) is 2.99. The number of carbonyl (C=O) groups excluding carboxylic acids is 1. The second-order valence-corrected chi connectivity index (χ2v) is 5.16. The standard InChI is InChI=1S/C12H24N2O2/c1-5-10(2)16-8-11(15)14-7-6-13-12(3,4)9-14/h10,13H,5-9H2,1-4H3. The summed E-state index contributed by atoms with van der Waals surface area (Å²) in [6.07, 6.45) is 1.11. The van der Waals surface area contributed by atoms with Crippen LogP contribution in [-0.4, -0.2) is 48.7 Å². The summed E-state index contributed by atoms with van der Waals surface area (Å²) in [6, 6.07) is 0. The lowest BCUT2D eigenvalue weighted by Gasteiger charge is -2.39. The molecule has 1 saturated heterocycles. The summed E-state index contributed by atoms with van der Waals surface area (Å²) in [5, 5.41) is 3.38. The number of nitrogens with zero attached hydrogens (tertiary/aromatic N) is 1. The Morgan fingerprint density at radius 1 is 1.56 bits per heavy atom. The molecule has 0 aromatic heterocycles. The molecule has 1 amide bonds. The minimum atomic E-state index is 0.0181. The van der Waals surface area contributed by atoms with Gasteiger partial charge in [-0.2, -0.15) is 0 Å². The van der Waals surface area contributed by atoms with Gasteiger partial charge in [0.15, 0.2) is 0 Å². The Morgan fingerprint density at radius 3 is 2.81 bits per heavy atom. The summed E-state index contributed by atoms with van der Waals surface area (Å²) in [4.78, 5) is 13.8. The minimum Gasteiger partial charge on any atom is -0.369 e. The van der Waals surface area contributed by atoms with Gasteiger partial charge in [0.1, 0.15) is 6.61 Å². The summed E-state index contributed by atoms with van der Waals surface area (Å²) in [7, 11) is 0. The highest BCUT2D eigenvalue weighted by Crippen LogP contribution is 2.10. The number of ether oxygens (including phenoxy) is 1. The molecular formula is C12H24N2O2. The maximum absolute atomic E-state index is 11.9.